The molecular formula is C19H22N2O4. The summed E-state index contributed by atoms with van der Waals surface area (Å²) in [6, 6.07) is 15.9. The molecule has 0 heterocycles. The first kappa shape index (κ1) is 18.5. The van der Waals surface area contributed by atoms with E-state index in [0.29, 0.717) is 6.54 Å². The molecule has 0 aromatic heterocycles. The molecule has 0 aliphatic carbocycles. The predicted octanol–water partition coefficient (Wildman–Crippen LogP) is 1.82. The number of carbonyl (C=O) groups is 2. The van der Waals surface area contributed by atoms with Crippen molar-refractivity contribution in [2.24, 2.45) is 0 Å². The normalized spacial score (nSPS) is 11.4. The minimum Gasteiger partial charge on any atom is -0.497 e. The summed E-state index contributed by atoms with van der Waals surface area (Å²) in [5, 5.41) is 5.74. The highest BCUT2D eigenvalue weighted by atomic mass is 16.5. The maximum absolute atomic E-state index is 12.1. The van der Waals surface area contributed by atoms with Crippen LogP contribution in [0.2, 0.25) is 0 Å². The molecule has 1 unspecified atom stereocenters. The van der Waals surface area contributed by atoms with E-state index in [-0.39, 0.29) is 12.5 Å². The Morgan fingerprint density at radius 3 is 2.48 bits per heavy atom. The van der Waals surface area contributed by atoms with Crippen molar-refractivity contribution in [3.63, 3.8) is 0 Å². The van der Waals surface area contributed by atoms with Gasteiger partial charge in [0.2, 0.25) is 5.91 Å². The van der Waals surface area contributed by atoms with E-state index in [1.54, 1.807) is 7.11 Å². The monoisotopic (exact) mass is 342 g/mol. The van der Waals surface area contributed by atoms with E-state index < -0.39 is 12.0 Å². The number of hydrogen-bond donors (Lipinski definition) is 2. The smallest absolute Gasteiger partial charge is 0.327 e. The number of amides is 1. The number of methoxy groups -OCH3 is 2. The van der Waals surface area contributed by atoms with Crippen molar-refractivity contribution in [3.05, 3.63) is 65.7 Å². The van der Waals surface area contributed by atoms with Gasteiger partial charge in [0.05, 0.1) is 20.8 Å². The minimum absolute atomic E-state index is 0.00136. The maximum atomic E-state index is 12.1. The van der Waals surface area contributed by atoms with Gasteiger partial charge in [-0.3, -0.25) is 10.1 Å². The summed E-state index contributed by atoms with van der Waals surface area (Å²) >= 11 is 0. The third-order valence-corrected chi connectivity index (χ3v) is 3.66. The Bertz CT molecular complexity index is 704. The number of carbonyl (C=O) groups excluding carboxylic acids is 2. The van der Waals surface area contributed by atoms with Crippen LogP contribution in [0.1, 0.15) is 17.2 Å². The highest BCUT2D eigenvalue weighted by Gasteiger charge is 2.21. The molecule has 2 rings (SSSR count). The van der Waals surface area contributed by atoms with Gasteiger partial charge in [0.25, 0.3) is 0 Å². The fraction of sp³-hybridized carbons (Fsp3) is 0.263. The van der Waals surface area contributed by atoms with Crippen molar-refractivity contribution in [1.82, 2.24) is 10.6 Å². The molecule has 6 nitrogen and oxygen atoms in total. The quantitative estimate of drug-likeness (QED) is 0.716. The fourth-order valence-electron chi connectivity index (χ4n) is 2.34. The summed E-state index contributed by atoms with van der Waals surface area (Å²) < 4.78 is 9.96. The van der Waals surface area contributed by atoms with Gasteiger partial charge in [-0.05, 0) is 23.3 Å². The van der Waals surface area contributed by atoms with Crippen LogP contribution in [0.4, 0.5) is 0 Å². The van der Waals surface area contributed by atoms with Gasteiger partial charge in [0, 0.05) is 6.54 Å². The summed E-state index contributed by atoms with van der Waals surface area (Å²) in [5.74, 6) is 0.0826. The summed E-state index contributed by atoms with van der Waals surface area (Å²) in [7, 11) is 2.92. The summed E-state index contributed by atoms with van der Waals surface area (Å²) in [6.07, 6.45) is 0. The van der Waals surface area contributed by atoms with E-state index in [1.807, 2.05) is 54.6 Å². The van der Waals surface area contributed by atoms with Crippen molar-refractivity contribution in [1.29, 1.82) is 0 Å². The Kier molecular flexibility index (Phi) is 6.98. The van der Waals surface area contributed by atoms with Crippen molar-refractivity contribution >= 4 is 11.9 Å². The molecule has 0 fully saturated rings. The molecule has 25 heavy (non-hydrogen) atoms. The van der Waals surface area contributed by atoms with Gasteiger partial charge in [-0.15, -0.1) is 0 Å². The topological polar surface area (TPSA) is 76.7 Å². The van der Waals surface area contributed by atoms with E-state index >= 15 is 0 Å². The lowest BCUT2D eigenvalue weighted by Crippen LogP contribution is -2.38. The molecule has 0 saturated heterocycles. The number of rotatable bonds is 8. The highest BCUT2D eigenvalue weighted by Crippen LogP contribution is 2.14. The summed E-state index contributed by atoms with van der Waals surface area (Å²) in [6.45, 7) is 0.380. The molecule has 2 aromatic rings. The van der Waals surface area contributed by atoms with Crippen molar-refractivity contribution in [2.45, 2.75) is 12.6 Å². The Morgan fingerprint density at radius 1 is 1.04 bits per heavy atom. The molecule has 0 aliphatic heterocycles. The van der Waals surface area contributed by atoms with Crippen LogP contribution >= 0.6 is 0 Å². The van der Waals surface area contributed by atoms with E-state index in [2.05, 4.69) is 10.6 Å². The van der Waals surface area contributed by atoms with Gasteiger partial charge in [-0.25, -0.2) is 4.79 Å². The van der Waals surface area contributed by atoms with Crippen LogP contribution in [0.15, 0.2) is 54.6 Å². The minimum atomic E-state index is -0.686. The van der Waals surface area contributed by atoms with Gasteiger partial charge in [0.15, 0.2) is 0 Å². The van der Waals surface area contributed by atoms with Crippen molar-refractivity contribution in [3.8, 4) is 5.75 Å². The molecule has 1 atom stereocenters. The lowest BCUT2D eigenvalue weighted by Gasteiger charge is -2.16. The van der Waals surface area contributed by atoms with Gasteiger partial charge < -0.3 is 14.8 Å². The first-order chi connectivity index (χ1) is 12.1. The zero-order valence-corrected chi connectivity index (χ0v) is 14.3. The Balaban J connectivity index is 1.89. The molecule has 6 heteroatoms. The van der Waals surface area contributed by atoms with E-state index in [9.17, 15) is 9.59 Å². The van der Waals surface area contributed by atoms with Crippen LogP contribution in [0, 0.1) is 0 Å². The lowest BCUT2D eigenvalue weighted by atomic mass is 10.1. The van der Waals surface area contributed by atoms with Crippen LogP contribution in [0.5, 0.6) is 5.75 Å². The second-order valence-electron chi connectivity index (χ2n) is 5.38. The van der Waals surface area contributed by atoms with Gasteiger partial charge in [0.1, 0.15) is 11.8 Å². The molecule has 0 spiro atoms. The van der Waals surface area contributed by atoms with E-state index in [4.69, 9.17) is 9.47 Å². The third kappa shape index (κ3) is 5.61. The highest BCUT2D eigenvalue weighted by molar-refractivity contribution is 5.81. The molecule has 0 bridgehead atoms. The van der Waals surface area contributed by atoms with Crippen LogP contribution in [-0.2, 0) is 20.9 Å². The average molecular weight is 342 g/mol. The number of ether oxygens (including phenoxy) is 2. The van der Waals surface area contributed by atoms with E-state index in [1.165, 1.54) is 7.11 Å². The third-order valence-electron chi connectivity index (χ3n) is 3.66. The number of esters is 1. The zero-order valence-electron chi connectivity index (χ0n) is 14.3. The summed E-state index contributed by atoms with van der Waals surface area (Å²) in [4.78, 5) is 24.0. The lowest BCUT2D eigenvalue weighted by molar-refractivity contribution is -0.143. The van der Waals surface area contributed by atoms with E-state index in [0.717, 1.165) is 16.9 Å². The summed E-state index contributed by atoms with van der Waals surface area (Å²) in [5.41, 5.74) is 1.68. The SMILES string of the molecule is COC(=O)C(NCC(=O)NCc1cccc(OC)c1)c1ccccc1. The number of benzene rings is 2. The molecule has 1 amide bonds. The van der Waals surface area contributed by atoms with Gasteiger partial charge in [-0.1, -0.05) is 42.5 Å². The number of hydrogen-bond acceptors (Lipinski definition) is 5. The molecular weight excluding hydrogens is 320 g/mol. The van der Waals surface area contributed by atoms with Crippen molar-refractivity contribution < 1.29 is 19.1 Å². The number of nitrogens with one attached hydrogen (secondary N) is 2. The Labute approximate surface area is 147 Å². The first-order valence-corrected chi connectivity index (χ1v) is 7.90. The second kappa shape index (κ2) is 9.44. The van der Waals surface area contributed by atoms with Crippen LogP contribution in [0.3, 0.4) is 0 Å². The fourth-order valence-corrected chi connectivity index (χ4v) is 2.34. The first-order valence-electron chi connectivity index (χ1n) is 7.90. The van der Waals surface area contributed by atoms with Crippen molar-refractivity contribution in [2.75, 3.05) is 20.8 Å². The average Bonchev–Trinajstić information content (AvgIpc) is 2.67. The van der Waals surface area contributed by atoms with Crippen LogP contribution < -0.4 is 15.4 Å². The molecule has 0 saturated carbocycles. The molecule has 2 aromatic carbocycles. The molecule has 2 N–H and O–H groups in total. The largest absolute Gasteiger partial charge is 0.497 e. The predicted molar refractivity (Wildman–Crippen MR) is 94.0 cm³/mol. The molecule has 0 aliphatic rings. The zero-order chi connectivity index (χ0) is 18.1. The Morgan fingerprint density at radius 2 is 1.80 bits per heavy atom. The molecule has 132 valence electrons. The molecule has 0 radical (unpaired) electrons. The standard InChI is InChI=1S/C19H22N2O4/c1-24-16-10-6-7-14(11-16)12-20-17(22)13-21-18(19(23)25-2)15-8-4-3-5-9-15/h3-11,18,21H,12-13H2,1-2H3,(H,20,22). The Hall–Kier alpha value is -2.86. The van der Waals surface area contributed by atoms with Gasteiger partial charge in [-0.2, -0.15) is 0 Å². The van der Waals surface area contributed by atoms with Gasteiger partial charge >= 0.3 is 5.97 Å². The van der Waals surface area contributed by atoms with Crippen LogP contribution in [-0.4, -0.2) is 32.6 Å². The maximum Gasteiger partial charge on any atom is 0.327 e. The van der Waals surface area contributed by atoms with Crippen LogP contribution in [0.25, 0.3) is 0 Å². The second-order valence-corrected chi connectivity index (χ2v) is 5.38.